The van der Waals surface area contributed by atoms with Gasteiger partial charge >= 0.3 is 6.18 Å². The number of nitrogens with zero attached hydrogens (tertiary/aromatic N) is 1. The molecule has 27 heavy (non-hydrogen) atoms. The van der Waals surface area contributed by atoms with E-state index in [1.807, 2.05) is 13.8 Å². The highest BCUT2D eigenvalue weighted by atomic mass is 127. The van der Waals surface area contributed by atoms with Crippen molar-refractivity contribution in [3.8, 4) is 0 Å². The van der Waals surface area contributed by atoms with Gasteiger partial charge in [0.2, 0.25) is 10.0 Å². The monoisotopic (exact) mass is 522 g/mol. The molecule has 0 aromatic heterocycles. The van der Waals surface area contributed by atoms with Crippen LogP contribution in [0.5, 0.6) is 0 Å². The van der Waals surface area contributed by atoms with E-state index >= 15 is 0 Å². The Hall–Kier alpha value is -1.08. The minimum Gasteiger partial charge on any atom is -0.357 e. The van der Waals surface area contributed by atoms with E-state index in [0.717, 1.165) is 12.1 Å². The van der Waals surface area contributed by atoms with Crippen LogP contribution in [0.25, 0.3) is 0 Å². The van der Waals surface area contributed by atoms with Gasteiger partial charge < -0.3 is 10.6 Å². The largest absolute Gasteiger partial charge is 0.416 e. The van der Waals surface area contributed by atoms with Gasteiger partial charge in [-0.05, 0) is 30.9 Å². The van der Waals surface area contributed by atoms with Crippen molar-refractivity contribution in [3.05, 3.63) is 35.4 Å². The van der Waals surface area contributed by atoms with Crippen LogP contribution in [0.4, 0.5) is 13.2 Å². The molecule has 0 bridgehead atoms. The Balaban J connectivity index is 0.00000676. The molecular weight excluding hydrogens is 496 g/mol. The van der Waals surface area contributed by atoms with Crippen molar-refractivity contribution in [2.24, 2.45) is 10.1 Å². The lowest BCUT2D eigenvalue weighted by atomic mass is 9.96. The van der Waals surface area contributed by atoms with Gasteiger partial charge in [0.15, 0.2) is 5.96 Å². The van der Waals surface area contributed by atoms with Crippen LogP contribution in [0.1, 0.15) is 37.3 Å². The van der Waals surface area contributed by atoms with Gasteiger partial charge in [0.25, 0.3) is 0 Å². The lowest BCUT2D eigenvalue weighted by molar-refractivity contribution is -0.137. The van der Waals surface area contributed by atoms with E-state index in [1.165, 1.54) is 6.07 Å². The summed E-state index contributed by atoms with van der Waals surface area (Å²) in [4.78, 5) is 4.31. The van der Waals surface area contributed by atoms with Crippen molar-refractivity contribution in [1.29, 1.82) is 0 Å². The highest BCUT2D eigenvalue weighted by Crippen LogP contribution is 2.31. The zero-order valence-electron chi connectivity index (χ0n) is 15.2. The first kappa shape index (κ1) is 25.9. The molecule has 0 heterocycles. The lowest BCUT2D eigenvalue weighted by Gasteiger charge is -2.14. The van der Waals surface area contributed by atoms with Crippen LogP contribution in [-0.2, 0) is 16.2 Å². The van der Waals surface area contributed by atoms with E-state index < -0.39 is 21.8 Å². The van der Waals surface area contributed by atoms with Crippen LogP contribution >= 0.6 is 24.0 Å². The lowest BCUT2D eigenvalue weighted by Crippen LogP contribution is -2.40. The zero-order chi connectivity index (χ0) is 19.8. The Morgan fingerprint density at radius 2 is 1.96 bits per heavy atom. The molecule has 0 spiro atoms. The normalized spacial score (nSPS) is 13.6. The molecule has 1 atom stereocenters. The fraction of sp³-hybridized carbons (Fsp3) is 0.562. The summed E-state index contributed by atoms with van der Waals surface area (Å²) in [6, 6.07) is 5.27. The van der Waals surface area contributed by atoms with Crippen LogP contribution in [0.15, 0.2) is 29.3 Å². The highest BCUT2D eigenvalue weighted by molar-refractivity contribution is 14.0. The molecule has 4 N–H and O–H groups in total. The van der Waals surface area contributed by atoms with Crippen LogP contribution < -0.4 is 15.8 Å². The third-order valence-electron chi connectivity index (χ3n) is 3.64. The average molecular weight is 522 g/mol. The average Bonchev–Trinajstić information content (AvgIpc) is 2.53. The summed E-state index contributed by atoms with van der Waals surface area (Å²) < 4.78 is 60.2. The molecule has 0 saturated carbocycles. The number of nitrogens with one attached hydrogen (secondary N) is 2. The van der Waals surface area contributed by atoms with E-state index in [4.69, 9.17) is 5.14 Å². The van der Waals surface area contributed by atoms with Crippen molar-refractivity contribution in [3.63, 3.8) is 0 Å². The molecule has 0 radical (unpaired) electrons. The van der Waals surface area contributed by atoms with E-state index in [2.05, 4.69) is 15.6 Å². The molecular formula is C16H26F3IN4O2S. The van der Waals surface area contributed by atoms with Gasteiger partial charge in [0.05, 0.1) is 11.3 Å². The molecule has 0 aliphatic carbocycles. The summed E-state index contributed by atoms with van der Waals surface area (Å²) in [6.45, 7) is 4.79. The Labute approximate surface area is 175 Å². The molecule has 1 unspecified atom stereocenters. The Kier molecular flexibility index (Phi) is 11.2. The second-order valence-corrected chi connectivity index (χ2v) is 7.60. The summed E-state index contributed by atoms with van der Waals surface area (Å²) >= 11 is 0. The fourth-order valence-corrected chi connectivity index (χ4v) is 2.60. The standard InChI is InChI=1S/C16H25F3N4O2S.HI/c1-3-21-15(23-9-10-26(20,24)25)22-8-7-12(2)13-5-4-6-14(11-13)16(17,18)19;/h4-6,11-12H,3,7-10H2,1-2H3,(H2,20,24,25)(H2,21,22,23);1H. The number of alkyl halides is 3. The number of rotatable bonds is 8. The van der Waals surface area contributed by atoms with E-state index in [1.54, 1.807) is 6.07 Å². The molecule has 0 aliphatic rings. The molecule has 11 heteroatoms. The summed E-state index contributed by atoms with van der Waals surface area (Å²) in [5, 5.41) is 10.8. The van der Waals surface area contributed by atoms with Crippen molar-refractivity contribution < 1.29 is 21.6 Å². The van der Waals surface area contributed by atoms with Crippen molar-refractivity contribution in [2.75, 3.05) is 25.4 Å². The number of benzene rings is 1. The topological polar surface area (TPSA) is 96.6 Å². The van der Waals surface area contributed by atoms with Crippen LogP contribution in [0.2, 0.25) is 0 Å². The highest BCUT2D eigenvalue weighted by Gasteiger charge is 2.30. The Morgan fingerprint density at radius 3 is 2.52 bits per heavy atom. The predicted octanol–water partition coefficient (Wildman–Crippen LogP) is 2.66. The smallest absolute Gasteiger partial charge is 0.357 e. The molecule has 6 nitrogen and oxygen atoms in total. The van der Waals surface area contributed by atoms with Gasteiger partial charge in [-0.3, -0.25) is 4.99 Å². The predicted molar refractivity (Wildman–Crippen MR) is 112 cm³/mol. The van der Waals surface area contributed by atoms with Gasteiger partial charge in [-0.1, -0.05) is 25.1 Å². The molecule has 1 rings (SSSR count). The minimum atomic E-state index is -4.36. The zero-order valence-corrected chi connectivity index (χ0v) is 18.4. The maximum Gasteiger partial charge on any atom is 0.416 e. The Bertz CT molecular complexity index is 712. The number of aliphatic imine (C=N–C) groups is 1. The van der Waals surface area contributed by atoms with Gasteiger partial charge in [0, 0.05) is 19.6 Å². The SMILES string of the molecule is CCNC(=NCCC(C)c1cccc(C(F)(F)F)c1)NCCS(N)(=O)=O.I. The number of guanidine groups is 1. The number of hydrogen-bond acceptors (Lipinski definition) is 3. The van der Waals surface area contributed by atoms with Gasteiger partial charge in [-0.2, -0.15) is 13.2 Å². The maximum atomic E-state index is 12.8. The van der Waals surface area contributed by atoms with E-state index in [0.29, 0.717) is 31.0 Å². The maximum absolute atomic E-state index is 12.8. The van der Waals surface area contributed by atoms with E-state index in [-0.39, 0.29) is 42.2 Å². The number of nitrogens with two attached hydrogens (primary N) is 1. The third-order valence-corrected chi connectivity index (χ3v) is 4.41. The summed E-state index contributed by atoms with van der Waals surface area (Å²) in [5.74, 6) is 0.110. The summed E-state index contributed by atoms with van der Waals surface area (Å²) in [7, 11) is -3.56. The van der Waals surface area contributed by atoms with Crippen molar-refractivity contribution in [2.45, 2.75) is 32.4 Å². The van der Waals surface area contributed by atoms with Gasteiger partial charge in [-0.15, -0.1) is 24.0 Å². The Morgan fingerprint density at radius 1 is 1.30 bits per heavy atom. The van der Waals surface area contributed by atoms with Crippen molar-refractivity contribution in [1.82, 2.24) is 10.6 Å². The second kappa shape index (κ2) is 11.7. The molecule has 0 aliphatic heterocycles. The van der Waals surface area contributed by atoms with E-state index in [9.17, 15) is 21.6 Å². The second-order valence-electron chi connectivity index (χ2n) is 5.87. The first-order chi connectivity index (χ1) is 12.0. The van der Waals surface area contributed by atoms with Crippen LogP contribution in [0, 0.1) is 0 Å². The molecule has 156 valence electrons. The molecule has 0 amide bonds. The van der Waals surface area contributed by atoms with Gasteiger partial charge in [0.1, 0.15) is 0 Å². The number of primary sulfonamides is 1. The van der Waals surface area contributed by atoms with Crippen LogP contribution in [-0.4, -0.2) is 39.8 Å². The van der Waals surface area contributed by atoms with Crippen LogP contribution in [0.3, 0.4) is 0 Å². The molecule has 1 aromatic carbocycles. The first-order valence-corrected chi connectivity index (χ1v) is 9.94. The first-order valence-electron chi connectivity index (χ1n) is 8.22. The molecule has 1 aromatic rings. The summed E-state index contributed by atoms with van der Waals surface area (Å²) in [6.07, 6.45) is -3.81. The number of hydrogen-bond donors (Lipinski definition) is 3. The molecule has 0 saturated heterocycles. The molecule has 0 fully saturated rings. The third kappa shape index (κ3) is 10.7. The van der Waals surface area contributed by atoms with Crippen molar-refractivity contribution >= 4 is 40.0 Å². The quantitative estimate of drug-likeness (QED) is 0.278. The fourth-order valence-electron chi connectivity index (χ4n) is 2.21. The van der Waals surface area contributed by atoms with Gasteiger partial charge in [-0.25, -0.2) is 13.6 Å². The minimum absolute atomic E-state index is 0. The number of sulfonamides is 1. The summed E-state index contributed by atoms with van der Waals surface area (Å²) in [5.41, 5.74) is -0.0643. The number of halogens is 4.